The zero-order chi connectivity index (χ0) is 13.9. The summed E-state index contributed by atoms with van der Waals surface area (Å²) in [6, 6.07) is 1.48. The Bertz CT molecular complexity index is 573. The molecule has 0 aliphatic heterocycles. The molecule has 18 heavy (non-hydrogen) atoms. The van der Waals surface area contributed by atoms with Crippen LogP contribution in [0.2, 0.25) is 5.02 Å². The number of hydrogen-bond acceptors (Lipinski definition) is 4. The van der Waals surface area contributed by atoms with Crippen molar-refractivity contribution >= 4 is 27.6 Å². The van der Waals surface area contributed by atoms with E-state index in [2.05, 4.69) is 0 Å². The fourth-order valence-electron chi connectivity index (χ4n) is 1.18. The van der Waals surface area contributed by atoms with E-state index in [0.717, 1.165) is 6.07 Å². The van der Waals surface area contributed by atoms with Crippen LogP contribution in [0.25, 0.3) is 0 Å². The average molecular weight is 296 g/mol. The first kappa shape index (κ1) is 14.9. The predicted molar refractivity (Wildman–Crippen MR) is 63.4 cm³/mol. The molecule has 100 valence electrons. The number of hydrogen-bond donors (Lipinski definition) is 1. The van der Waals surface area contributed by atoms with E-state index in [1.165, 1.54) is 0 Å². The Morgan fingerprint density at radius 2 is 2.11 bits per heavy atom. The van der Waals surface area contributed by atoms with Crippen LogP contribution in [0.4, 0.5) is 4.39 Å². The van der Waals surface area contributed by atoms with Crippen LogP contribution in [0.1, 0.15) is 23.7 Å². The second kappa shape index (κ2) is 5.64. The summed E-state index contributed by atoms with van der Waals surface area (Å²) in [7, 11) is -4.13. The average Bonchev–Trinajstić information content (AvgIpc) is 2.24. The van der Waals surface area contributed by atoms with Gasteiger partial charge in [0.2, 0.25) is 10.0 Å². The highest BCUT2D eigenvalue weighted by Gasteiger charge is 2.21. The molecule has 0 aromatic heterocycles. The van der Waals surface area contributed by atoms with E-state index in [1.807, 2.05) is 0 Å². The van der Waals surface area contributed by atoms with E-state index < -0.39 is 32.3 Å². The normalized spacial score (nSPS) is 11.3. The Morgan fingerprint density at radius 3 is 2.61 bits per heavy atom. The molecule has 1 aromatic rings. The summed E-state index contributed by atoms with van der Waals surface area (Å²) in [5.74, 6) is -1.93. The first-order valence-corrected chi connectivity index (χ1v) is 6.88. The van der Waals surface area contributed by atoms with E-state index in [0.29, 0.717) is 12.5 Å². The molecule has 1 aromatic carbocycles. The lowest BCUT2D eigenvalue weighted by Gasteiger charge is -2.07. The monoisotopic (exact) mass is 295 g/mol. The predicted octanol–water partition coefficient (Wildman–Crippen LogP) is 1.69. The summed E-state index contributed by atoms with van der Waals surface area (Å²) in [6.07, 6.45) is 0.559. The third-order valence-corrected chi connectivity index (χ3v) is 3.36. The van der Waals surface area contributed by atoms with Gasteiger partial charge in [0, 0.05) is 0 Å². The highest BCUT2D eigenvalue weighted by molar-refractivity contribution is 7.89. The van der Waals surface area contributed by atoms with Crippen molar-refractivity contribution in [2.45, 2.75) is 18.2 Å². The van der Waals surface area contributed by atoms with E-state index in [9.17, 15) is 17.6 Å². The lowest BCUT2D eigenvalue weighted by molar-refractivity contribution is 0.0499. The Hall–Kier alpha value is -1.18. The second-order valence-electron chi connectivity index (χ2n) is 3.44. The number of halogens is 2. The minimum absolute atomic E-state index is 0.103. The van der Waals surface area contributed by atoms with Gasteiger partial charge in [-0.2, -0.15) is 0 Å². The second-order valence-corrected chi connectivity index (χ2v) is 5.38. The van der Waals surface area contributed by atoms with Crippen molar-refractivity contribution in [3.05, 3.63) is 28.5 Å². The molecular formula is C10H11ClFNO4S. The summed E-state index contributed by atoms with van der Waals surface area (Å²) in [4.78, 5) is 11.0. The smallest absolute Gasteiger partial charge is 0.341 e. The fourth-order valence-corrected chi connectivity index (χ4v) is 2.26. The quantitative estimate of drug-likeness (QED) is 0.856. The Morgan fingerprint density at radius 1 is 1.50 bits per heavy atom. The van der Waals surface area contributed by atoms with Gasteiger partial charge in [0.25, 0.3) is 0 Å². The molecule has 0 saturated carbocycles. The molecule has 0 radical (unpaired) electrons. The third-order valence-electron chi connectivity index (χ3n) is 1.99. The number of carbonyl (C=O) groups is 1. The van der Waals surface area contributed by atoms with Crippen LogP contribution in [0.15, 0.2) is 17.0 Å². The lowest BCUT2D eigenvalue weighted by atomic mass is 10.2. The Labute approximate surface area is 109 Å². The van der Waals surface area contributed by atoms with Gasteiger partial charge in [-0.15, -0.1) is 0 Å². The maximum Gasteiger partial charge on any atom is 0.341 e. The van der Waals surface area contributed by atoms with Crippen molar-refractivity contribution in [1.29, 1.82) is 0 Å². The molecule has 0 fully saturated rings. The van der Waals surface area contributed by atoms with Gasteiger partial charge in [0.15, 0.2) is 0 Å². The van der Waals surface area contributed by atoms with Crippen LogP contribution in [0.5, 0.6) is 0 Å². The maximum atomic E-state index is 13.5. The number of rotatable bonds is 4. The van der Waals surface area contributed by atoms with E-state index >= 15 is 0 Å². The van der Waals surface area contributed by atoms with Crippen LogP contribution in [0, 0.1) is 5.82 Å². The molecule has 0 bridgehead atoms. The fraction of sp³-hybridized carbons (Fsp3) is 0.300. The van der Waals surface area contributed by atoms with Crippen LogP contribution in [-0.2, 0) is 14.8 Å². The molecule has 2 N–H and O–H groups in total. The number of ether oxygens (including phenoxy) is 1. The van der Waals surface area contributed by atoms with Gasteiger partial charge in [-0.3, -0.25) is 0 Å². The summed E-state index contributed by atoms with van der Waals surface area (Å²) in [6.45, 7) is 1.87. The zero-order valence-electron chi connectivity index (χ0n) is 9.44. The number of benzene rings is 1. The highest BCUT2D eigenvalue weighted by Crippen LogP contribution is 2.24. The SMILES string of the molecule is CCCOC(=O)c1cc(S(N)(=O)=O)c(Cl)cc1F. The summed E-state index contributed by atoms with van der Waals surface area (Å²) in [5, 5.41) is 4.50. The van der Waals surface area contributed by atoms with Crippen LogP contribution < -0.4 is 5.14 Å². The van der Waals surface area contributed by atoms with Crippen molar-refractivity contribution in [2.75, 3.05) is 6.61 Å². The number of nitrogens with two attached hydrogens (primary N) is 1. The minimum atomic E-state index is -4.13. The van der Waals surface area contributed by atoms with Gasteiger partial charge in [-0.1, -0.05) is 18.5 Å². The van der Waals surface area contributed by atoms with Gasteiger partial charge in [0.1, 0.15) is 10.7 Å². The molecule has 0 saturated heterocycles. The summed E-state index contributed by atoms with van der Waals surface area (Å²) >= 11 is 5.54. The number of primary sulfonamides is 1. The standard InChI is InChI=1S/C10H11ClFNO4S/c1-2-3-17-10(14)6-4-9(18(13,15)16)7(11)5-8(6)12/h4-5H,2-3H2,1H3,(H2,13,15,16). The van der Waals surface area contributed by atoms with Crippen LogP contribution >= 0.6 is 11.6 Å². The molecule has 8 heteroatoms. The molecule has 0 atom stereocenters. The molecule has 0 heterocycles. The molecule has 0 aliphatic rings. The maximum absolute atomic E-state index is 13.5. The molecule has 0 spiro atoms. The molecule has 5 nitrogen and oxygen atoms in total. The van der Waals surface area contributed by atoms with Gasteiger partial charge < -0.3 is 4.74 Å². The summed E-state index contributed by atoms with van der Waals surface area (Å²) in [5.41, 5.74) is -0.517. The van der Waals surface area contributed by atoms with Crippen molar-refractivity contribution in [3.8, 4) is 0 Å². The van der Waals surface area contributed by atoms with Crippen molar-refractivity contribution in [1.82, 2.24) is 0 Å². The van der Waals surface area contributed by atoms with Gasteiger partial charge in [-0.25, -0.2) is 22.7 Å². The van der Waals surface area contributed by atoms with E-state index in [4.69, 9.17) is 21.5 Å². The molecular weight excluding hydrogens is 285 g/mol. The van der Waals surface area contributed by atoms with E-state index in [1.54, 1.807) is 6.92 Å². The largest absolute Gasteiger partial charge is 0.462 e. The molecule has 0 unspecified atom stereocenters. The first-order valence-electron chi connectivity index (χ1n) is 4.96. The van der Waals surface area contributed by atoms with Crippen LogP contribution in [0.3, 0.4) is 0 Å². The van der Waals surface area contributed by atoms with Crippen molar-refractivity contribution in [2.24, 2.45) is 5.14 Å². The zero-order valence-corrected chi connectivity index (χ0v) is 11.0. The number of carbonyl (C=O) groups excluding carboxylic acids is 1. The number of sulfonamides is 1. The Kier molecular flexibility index (Phi) is 4.66. The van der Waals surface area contributed by atoms with E-state index in [-0.39, 0.29) is 11.6 Å². The van der Waals surface area contributed by atoms with Crippen LogP contribution in [-0.4, -0.2) is 21.0 Å². The van der Waals surface area contributed by atoms with Gasteiger partial charge >= 0.3 is 5.97 Å². The highest BCUT2D eigenvalue weighted by atomic mass is 35.5. The van der Waals surface area contributed by atoms with Gasteiger partial charge in [-0.05, 0) is 18.6 Å². The Balaban J connectivity index is 3.26. The molecule has 1 rings (SSSR count). The van der Waals surface area contributed by atoms with Crippen molar-refractivity contribution < 1.29 is 22.3 Å². The summed E-state index contributed by atoms with van der Waals surface area (Å²) < 4.78 is 40.5. The first-order chi connectivity index (χ1) is 8.27. The van der Waals surface area contributed by atoms with Gasteiger partial charge in [0.05, 0.1) is 17.2 Å². The third kappa shape index (κ3) is 3.41. The number of esters is 1. The topological polar surface area (TPSA) is 86.5 Å². The van der Waals surface area contributed by atoms with Crippen molar-refractivity contribution in [3.63, 3.8) is 0 Å². The minimum Gasteiger partial charge on any atom is -0.462 e. The lowest BCUT2D eigenvalue weighted by Crippen LogP contribution is -2.15. The molecule has 0 amide bonds. The molecule has 0 aliphatic carbocycles.